The van der Waals surface area contributed by atoms with E-state index in [-0.39, 0.29) is 5.76 Å². The van der Waals surface area contributed by atoms with Crippen molar-refractivity contribution in [1.29, 1.82) is 0 Å². The van der Waals surface area contributed by atoms with Crippen LogP contribution in [0.15, 0.2) is 54.3 Å². The molecule has 0 aromatic heterocycles. The molecule has 0 unspecified atom stereocenters. The van der Waals surface area contributed by atoms with Crippen molar-refractivity contribution in [3.8, 4) is 5.75 Å². The number of carbonyl (C=O) groups is 1. The fourth-order valence-electron chi connectivity index (χ4n) is 2.37. The van der Waals surface area contributed by atoms with Gasteiger partial charge in [0.15, 0.2) is 0 Å². The first-order valence-corrected chi connectivity index (χ1v) is 8.84. The van der Waals surface area contributed by atoms with Crippen molar-refractivity contribution in [1.82, 2.24) is 0 Å². The fourth-order valence-corrected chi connectivity index (χ4v) is 2.37. The molecule has 0 aliphatic rings. The van der Waals surface area contributed by atoms with Gasteiger partial charge in [0.2, 0.25) is 5.76 Å². The van der Waals surface area contributed by atoms with Gasteiger partial charge in [-0.05, 0) is 48.2 Å². The fraction of sp³-hybridized carbons (Fsp3) is 0.318. The molecule has 2 aromatic rings. The van der Waals surface area contributed by atoms with Crippen molar-refractivity contribution < 1.29 is 19.0 Å². The SMILES string of the molecule is CCCCO/C(=C/c1ccc(OCc2ccccc2)cc1C)C(=O)OC. The third-order valence-electron chi connectivity index (χ3n) is 3.92. The summed E-state index contributed by atoms with van der Waals surface area (Å²) in [5.41, 5.74) is 3.01. The van der Waals surface area contributed by atoms with Gasteiger partial charge < -0.3 is 14.2 Å². The van der Waals surface area contributed by atoms with Crippen LogP contribution in [0, 0.1) is 6.92 Å². The van der Waals surface area contributed by atoms with Crippen molar-refractivity contribution >= 4 is 12.0 Å². The van der Waals surface area contributed by atoms with Crippen molar-refractivity contribution in [3.63, 3.8) is 0 Å². The van der Waals surface area contributed by atoms with E-state index in [1.54, 1.807) is 6.08 Å². The molecule has 0 saturated carbocycles. The molecule has 2 aromatic carbocycles. The van der Waals surface area contributed by atoms with E-state index in [0.717, 1.165) is 35.3 Å². The van der Waals surface area contributed by atoms with E-state index in [9.17, 15) is 4.79 Å². The summed E-state index contributed by atoms with van der Waals surface area (Å²) in [7, 11) is 1.35. The largest absolute Gasteiger partial charge is 0.489 e. The van der Waals surface area contributed by atoms with Crippen LogP contribution in [0.3, 0.4) is 0 Å². The number of methoxy groups -OCH3 is 1. The molecule has 2 rings (SSSR count). The summed E-state index contributed by atoms with van der Waals surface area (Å²) in [6.45, 7) is 5.06. The first-order valence-electron chi connectivity index (χ1n) is 8.84. The molecule has 0 amide bonds. The Kier molecular flexibility index (Phi) is 7.75. The minimum atomic E-state index is -0.468. The van der Waals surface area contributed by atoms with Gasteiger partial charge >= 0.3 is 5.97 Å². The molecule has 0 N–H and O–H groups in total. The predicted molar refractivity (Wildman–Crippen MR) is 103 cm³/mol. The zero-order valence-corrected chi connectivity index (χ0v) is 15.7. The quantitative estimate of drug-likeness (QED) is 0.278. The summed E-state index contributed by atoms with van der Waals surface area (Å²) >= 11 is 0. The number of unbranched alkanes of at least 4 members (excludes halogenated alkanes) is 1. The Hall–Kier alpha value is -2.75. The summed E-state index contributed by atoms with van der Waals surface area (Å²) < 4.78 is 16.2. The predicted octanol–water partition coefficient (Wildman–Crippen LogP) is 4.90. The second-order valence-corrected chi connectivity index (χ2v) is 5.99. The Morgan fingerprint density at radius 2 is 1.88 bits per heavy atom. The Morgan fingerprint density at radius 3 is 2.54 bits per heavy atom. The zero-order chi connectivity index (χ0) is 18.8. The molecule has 0 heterocycles. The summed E-state index contributed by atoms with van der Waals surface area (Å²) in [4.78, 5) is 11.9. The van der Waals surface area contributed by atoms with Crippen LogP contribution in [-0.2, 0) is 20.9 Å². The minimum absolute atomic E-state index is 0.224. The number of ether oxygens (including phenoxy) is 3. The lowest BCUT2D eigenvalue weighted by atomic mass is 10.1. The summed E-state index contributed by atoms with van der Waals surface area (Å²) in [5, 5.41) is 0. The van der Waals surface area contributed by atoms with Crippen LogP contribution >= 0.6 is 0 Å². The lowest BCUT2D eigenvalue weighted by molar-refractivity contribution is -0.140. The number of rotatable bonds is 9. The summed E-state index contributed by atoms with van der Waals surface area (Å²) in [6.07, 6.45) is 3.61. The van der Waals surface area contributed by atoms with Gasteiger partial charge in [-0.1, -0.05) is 49.7 Å². The maximum absolute atomic E-state index is 11.9. The third-order valence-corrected chi connectivity index (χ3v) is 3.92. The average molecular weight is 354 g/mol. The van der Waals surface area contributed by atoms with E-state index in [1.807, 2.05) is 55.5 Å². The normalized spacial score (nSPS) is 11.1. The van der Waals surface area contributed by atoms with Crippen LogP contribution in [0.2, 0.25) is 0 Å². The minimum Gasteiger partial charge on any atom is -0.489 e. The Labute approximate surface area is 155 Å². The van der Waals surface area contributed by atoms with Gasteiger partial charge in [-0.2, -0.15) is 0 Å². The van der Waals surface area contributed by atoms with E-state index in [1.165, 1.54) is 7.11 Å². The second-order valence-electron chi connectivity index (χ2n) is 5.99. The van der Waals surface area contributed by atoms with Crippen LogP contribution in [0.4, 0.5) is 0 Å². The molecule has 0 atom stereocenters. The highest BCUT2D eigenvalue weighted by Crippen LogP contribution is 2.21. The van der Waals surface area contributed by atoms with Gasteiger partial charge in [0.25, 0.3) is 0 Å². The number of hydrogen-bond donors (Lipinski definition) is 0. The Bertz CT molecular complexity index is 735. The standard InChI is InChI=1S/C22H26O4/c1-4-5-13-25-21(22(23)24-3)15-19-11-12-20(14-17(19)2)26-16-18-9-7-6-8-10-18/h6-12,14-15H,4-5,13,16H2,1-3H3/b21-15+. The first kappa shape index (κ1) is 19.6. The molecule has 0 radical (unpaired) electrons. The first-order chi connectivity index (χ1) is 12.6. The van der Waals surface area contributed by atoms with Gasteiger partial charge in [0, 0.05) is 0 Å². The highest BCUT2D eigenvalue weighted by Gasteiger charge is 2.12. The molecule has 138 valence electrons. The van der Waals surface area contributed by atoms with Gasteiger partial charge in [0.05, 0.1) is 13.7 Å². The molecular formula is C22H26O4. The van der Waals surface area contributed by atoms with E-state index in [4.69, 9.17) is 14.2 Å². The maximum atomic E-state index is 11.9. The molecule has 0 spiro atoms. The molecule has 26 heavy (non-hydrogen) atoms. The summed E-state index contributed by atoms with van der Waals surface area (Å²) in [6, 6.07) is 15.8. The third kappa shape index (κ3) is 5.96. The van der Waals surface area contributed by atoms with E-state index < -0.39 is 5.97 Å². The Morgan fingerprint density at radius 1 is 1.12 bits per heavy atom. The number of carbonyl (C=O) groups excluding carboxylic acids is 1. The summed E-state index contributed by atoms with van der Waals surface area (Å²) in [5.74, 6) is 0.543. The highest BCUT2D eigenvalue weighted by atomic mass is 16.6. The molecule has 0 aliphatic heterocycles. The number of benzene rings is 2. The van der Waals surface area contributed by atoms with E-state index in [0.29, 0.717) is 13.2 Å². The molecule has 0 fully saturated rings. The molecule has 0 saturated heterocycles. The van der Waals surface area contributed by atoms with Crippen LogP contribution in [0.5, 0.6) is 5.75 Å². The second kappa shape index (κ2) is 10.3. The van der Waals surface area contributed by atoms with Crippen molar-refractivity contribution in [2.45, 2.75) is 33.3 Å². The lowest BCUT2D eigenvalue weighted by Gasteiger charge is -2.11. The molecule has 0 bridgehead atoms. The molecule has 4 heteroatoms. The lowest BCUT2D eigenvalue weighted by Crippen LogP contribution is -2.09. The van der Waals surface area contributed by atoms with Gasteiger partial charge in [0.1, 0.15) is 12.4 Å². The number of aryl methyl sites for hydroxylation is 1. The van der Waals surface area contributed by atoms with Crippen LogP contribution in [-0.4, -0.2) is 19.7 Å². The molecule has 4 nitrogen and oxygen atoms in total. The van der Waals surface area contributed by atoms with E-state index >= 15 is 0 Å². The van der Waals surface area contributed by atoms with E-state index in [2.05, 4.69) is 6.92 Å². The maximum Gasteiger partial charge on any atom is 0.373 e. The smallest absolute Gasteiger partial charge is 0.373 e. The number of esters is 1. The monoisotopic (exact) mass is 354 g/mol. The molecular weight excluding hydrogens is 328 g/mol. The number of hydrogen-bond acceptors (Lipinski definition) is 4. The van der Waals surface area contributed by atoms with Gasteiger partial charge in [-0.3, -0.25) is 0 Å². The van der Waals surface area contributed by atoms with Crippen LogP contribution in [0.25, 0.3) is 6.08 Å². The van der Waals surface area contributed by atoms with Crippen molar-refractivity contribution in [3.05, 3.63) is 71.0 Å². The molecule has 0 aliphatic carbocycles. The zero-order valence-electron chi connectivity index (χ0n) is 15.7. The average Bonchev–Trinajstić information content (AvgIpc) is 2.67. The van der Waals surface area contributed by atoms with Crippen molar-refractivity contribution in [2.75, 3.05) is 13.7 Å². The topological polar surface area (TPSA) is 44.8 Å². The van der Waals surface area contributed by atoms with Crippen LogP contribution in [0.1, 0.15) is 36.5 Å². The Balaban J connectivity index is 2.09. The van der Waals surface area contributed by atoms with Gasteiger partial charge in [-0.15, -0.1) is 0 Å². The highest BCUT2D eigenvalue weighted by molar-refractivity contribution is 5.91. The van der Waals surface area contributed by atoms with Crippen molar-refractivity contribution in [2.24, 2.45) is 0 Å². The van der Waals surface area contributed by atoms with Crippen LogP contribution < -0.4 is 4.74 Å². The van der Waals surface area contributed by atoms with Gasteiger partial charge in [-0.25, -0.2) is 4.79 Å².